The molecule has 0 aliphatic carbocycles. The van der Waals surface area contributed by atoms with Gasteiger partial charge in [-0.2, -0.15) is 4.98 Å². The van der Waals surface area contributed by atoms with Crippen LogP contribution in [0.2, 0.25) is 0 Å². The van der Waals surface area contributed by atoms with Gasteiger partial charge >= 0.3 is 11.8 Å². The van der Waals surface area contributed by atoms with Crippen molar-refractivity contribution >= 4 is 11.9 Å². The number of amides is 1. The number of aliphatic hydroxyl groups excluding tert-OH is 3. The molecule has 4 N–H and O–H groups in total. The highest BCUT2D eigenvalue weighted by Crippen LogP contribution is 2.37. The molecular weight excluding hydrogens is 340 g/mol. The molecule has 0 aromatic carbocycles. The second kappa shape index (κ2) is 7.46. The minimum absolute atomic E-state index is 0.101. The molecule has 1 aliphatic heterocycles. The fourth-order valence-electron chi connectivity index (χ4n) is 2.26. The number of nitrogens with zero attached hydrogens (tertiary/aromatic N) is 5. The summed E-state index contributed by atoms with van der Waals surface area (Å²) in [6, 6.07) is 1.23. The fraction of sp³-hybridized carbons (Fsp3) is 0.583. The lowest BCUT2D eigenvalue weighted by Crippen LogP contribution is -2.44. The lowest BCUT2D eigenvalue weighted by molar-refractivity contribution is -0.125. The van der Waals surface area contributed by atoms with Crippen LogP contribution in [0, 0.1) is 0 Å². The van der Waals surface area contributed by atoms with Crippen molar-refractivity contribution in [1.82, 2.24) is 9.55 Å². The van der Waals surface area contributed by atoms with E-state index >= 15 is 0 Å². The smallest absolute Gasteiger partial charge is 0.412 e. The summed E-state index contributed by atoms with van der Waals surface area (Å²) in [6.45, 7) is 0.814. The molecule has 0 spiro atoms. The number of carbonyl (C=O) groups is 1. The number of ether oxygens (including phenoxy) is 2. The Hall–Kier alpha value is -2.70. The van der Waals surface area contributed by atoms with Crippen molar-refractivity contribution in [3.8, 4) is 0 Å². The van der Waals surface area contributed by atoms with E-state index in [9.17, 15) is 24.9 Å². The van der Waals surface area contributed by atoms with E-state index in [0.717, 1.165) is 10.8 Å². The Labute approximate surface area is 140 Å². The number of aliphatic hydroxyl groups is 3. The van der Waals surface area contributed by atoms with E-state index in [1.165, 1.54) is 6.07 Å². The zero-order chi connectivity index (χ0) is 18.6. The normalized spacial score (nSPS) is 28.2. The maximum absolute atomic E-state index is 12.1. The number of nitrogens with one attached hydrogen (secondary N) is 1. The first kappa shape index (κ1) is 18.6. The average Bonchev–Trinajstić information content (AvgIpc) is 2.81. The van der Waals surface area contributed by atoms with Gasteiger partial charge in [0.1, 0.15) is 18.0 Å². The Bertz CT molecular complexity index is 748. The Balaban J connectivity index is 2.29. The highest BCUT2D eigenvalue weighted by atomic mass is 16.6. The van der Waals surface area contributed by atoms with Gasteiger partial charge in [-0.1, -0.05) is 5.11 Å². The van der Waals surface area contributed by atoms with Gasteiger partial charge in [-0.05, 0) is 18.5 Å². The summed E-state index contributed by atoms with van der Waals surface area (Å²) in [7, 11) is 0. The number of anilines is 1. The molecule has 4 atom stereocenters. The molecule has 0 unspecified atom stereocenters. The molecule has 2 heterocycles. The van der Waals surface area contributed by atoms with E-state index in [1.54, 1.807) is 6.92 Å². The van der Waals surface area contributed by atoms with Crippen LogP contribution in [0.1, 0.15) is 13.2 Å². The summed E-state index contributed by atoms with van der Waals surface area (Å²) in [5, 5.41) is 34.8. The zero-order valence-electron chi connectivity index (χ0n) is 13.0. The fourth-order valence-corrected chi connectivity index (χ4v) is 2.26. The van der Waals surface area contributed by atoms with Crippen LogP contribution < -0.4 is 11.0 Å². The van der Waals surface area contributed by atoms with Crippen LogP contribution in [0.25, 0.3) is 10.4 Å². The summed E-state index contributed by atoms with van der Waals surface area (Å²) >= 11 is 0. The maximum atomic E-state index is 12.1. The third kappa shape index (κ3) is 3.55. The Morgan fingerprint density at radius 3 is 2.92 bits per heavy atom. The first-order valence-corrected chi connectivity index (χ1v) is 7.12. The molecule has 13 nitrogen and oxygen atoms in total. The van der Waals surface area contributed by atoms with Crippen LogP contribution in [-0.4, -0.2) is 62.1 Å². The molecule has 1 aliphatic rings. The van der Waals surface area contributed by atoms with Crippen LogP contribution in [0.15, 0.2) is 22.2 Å². The number of rotatable bonds is 5. The summed E-state index contributed by atoms with van der Waals surface area (Å²) in [5.74, 6) is -0.101. The van der Waals surface area contributed by atoms with Crippen LogP contribution in [0.3, 0.4) is 0 Å². The monoisotopic (exact) mass is 356 g/mol. The van der Waals surface area contributed by atoms with Crippen molar-refractivity contribution in [2.24, 2.45) is 5.11 Å². The summed E-state index contributed by atoms with van der Waals surface area (Å²) in [5.41, 5.74) is 5.47. The van der Waals surface area contributed by atoms with Gasteiger partial charge in [-0.3, -0.25) is 9.88 Å². The molecule has 0 bridgehead atoms. The molecule has 1 fully saturated rings. The van der Waals surface area contributed by atoms with Crippen LogP contribution in [-0.2, 0) is 9.47 Å². The Morgan fingerprint density at radius 2 is 2.36 bits per heavy atom. The van der Waals surface area contributed by atoms with E-state index in [-0.39, 0.29) is 12.4 Å². The number of hydrogen-bond acceptors (Lipinski definition) is 9. The minimum atomic E-state index is -2.14. The van der Waals surface area contributed by atoms with Crippen molar-refractivity contribution < 1.29 is 29.6 Å². The zero-order valence-corrected chi connectivity index (χ0v) is 13.0. The number of aromatic nitrogens is 2. The van der Waals surface area contributed by atoms with Gasteiger partial charge < -0.3 is 24.8 Å². The summed E-state index contributed by atoms with van der Waals surface area (Å²) in [6.07, 6.45) is -4.59. The predicted molar refractivity (Wildman–Crippen MR) is 80.2 cm³/mol. The first-order valence-electron chi connectivity index (χ1n) is 7.12. The highest BCUT2D eigenvalue weighted by molar-refractivity contribution is 5.83. The van der Waals surface area contributed by atoms with Crippen molar-refractivity contribution in [3.63, 3.8) is 0 Å². The van der Waals surface area contributed by atoms with E-state index in [2.05, 4.69) is 25.1 Å². The third-order valence-corrected chi connectivity index (χ3v) is 3.45. The Morgan fingerprint density at radius 1 is 1.64 bits per heavy atom. The first-order chi connectivity index (χ1) is 11.9. The second-order valence-electron chi connectivity index (χ2n) is 4.98. The molecule has 1 aromatic heterocycles. The molecule has 1 amide bonds. The predicted octanol–water partition coefficient (Wildman–Crippen LogP) is -0.939. The highest BCUT2D eigenvalue weighted by Gasteiger charge is 2.54. The minimum Gasteiger partial charge on any atom is -0.450 e. The van der Waals surface area contributed by atoms with E-state index in [4.69, 9.17) is 10.3 Å². The van der Waals surface area contributed by atoms with Gasteiger partial charge in [0.2, 0.25) is 5.72 Å². The largest absolute Gasteiger partial charge is 0.450 e. The molecule has 13 heteroatoms. The second-order valence-corrected chi connectivity index (χ2v) is 4.98. The average molecular weight is 356 g/mol. The molecule has 25 heavy (non-hydrogen) atoms. The SMILES string of the molecule is CCOC(=O)Nc1ccn([C@@H]2O[C@@](CO)(N=[N+]=[N-])[C@@H](O)[C@H]2O)c(=O)n1. The van der Waals surface area contributed by atoms with E-state index < -0.39 is 42.6 Å². The number of hydrogen-bond donors (Lipinski definition) is 4. The molecule has 136 valence electrons. The molecule has 1 saturated heterocycles. The summed E-state index contributed by atoms with van der Waals surface area (Å²) < 4.78 is 10.7. The topological polar surface area (TPSA) is 192 Å². The number of carbonyl (C=O) groups excluding carboxylic acids is 1. The molecule has 0 radical (unpaired) electrons. The van der Waals surface area contributed by atoms with E-state index in [0.29, 0.717) is 0 Å². The molecule has 2 rings (SSSR count). The maximum Gasteiger partial charge on any atom is 0.412 e. The lowest BCUT2D eigenvalue weighted by Gasteiger charge is -2.23. The quantitative estimate of drug-likeness (QED) is 0.295. The van der Waals surface area contributed by atoms with Gasteiger partial charge in [0.05, 0.1) is 13.2 Å². The van der Waals surface area contributed by atoms with Crippen LogP contribution in [0.5, 0.6) is 0 Å². The van der Waals surface area contributed by atoms with Gasteiger partial charge in [0.25, 0.3) is 0 Å². The molecule has 0 saturated carbocycles. The van der Waals surface area contributed by atoms with Crippen LogP contribution in [0.4, 0.5) is 10.6 Å². The van der Waals surface area contributed by atoms with Gasteiger partial charge in [0, 0.05) is 11.1 Å². The van der Waals surface area contributed by atoms with Gasteiger partial charge in [-0.15, -0.1) is 0 Å². The van der Waals surface area contributed by atoms with E-state index in [1.807, 2.05) is 0 Å². The van der Waals surface area contributed by atoms with Crippen LogP contribution >= 0.6 is 0 Å². The summed E-state index contributed by atoms with van der Waals surface area (Å²) in [4.78, 5) is 29.4. The van der Waals surface area contributed by atoms with Gasteiger partial charge in [-0.25, -0.2) is 9.59 Å². The van der Waals surface area contributed by atoms with Crippen molar-refractivity contribution in [3.05, 3.63) is 33.2 Å². The Kier molecular flexibility index (Phi) is 5.56. The van der Waals surface area contributed by atoms with Gasteiger partial charge in [0.15, 0.2) is 6.23 Å². The number of azide groups is 1. The molecule has 1 aromatic rings. The molecular formula is C12H16N6O7. The van der Waals surface area contributed by atoms with Crippen molar-refractivity contribution in [2.75, 3.05) is 18.5 Å². The standard InChI is InChI=1S/C12H16N6O7/c1-2-24-11(23)15-6-3-4-18(10(22)14-6)9-7(20)8(21)12(5-19,25-9)16-17-13/h3-4,7-9,19-21H,2,5H2,1H3,(H,14,15,22,23)/t7-,8+,9-,12-/m1/s1. The van der Waals surface area contributed by atoms with Crippen molar-refractivity contribution in [2.45, 2.75) is 31.1 Å². The van der Waals surface area contributed by atoms with Crippen molar-refractivity contribution in [1.29, 1.82) is 0 Å². The third-order valence-electron chi connectivity index (χ3n) is 3.45. The lowest BCUT2D eigenvalue weighted by atomic mass is 10.1.